The van der Waals surface area contributed by atoms with Gasteiger partial charge in [0, 0.05) is 30.9 Å². The summed E-state index contributed by atoms with van der Waals surface area (Å²) in [6, 6.07) is 3.62. The van der Waals surface area contributed by atoms with Crippen LogP contribution in [0.3, 0.4) is 0 Å². The first kappa shape index (κ1) is 17.6. The molecule has 0 bridgehead atoms. The molecule has 0 aliphatic heterocycles. The van der Waals surface area contributed by atoms with Crippen molar-refractivity contribution < 1.29 is 9.53 Å². The number of carbonyl (C=O) groups is 1. The predicted octanol–water partition coefficient (Wildman–Crippen LogP) is 2.73. The van der Waals surface area contributed by atoms with Crippen LogP contribution in [-0.2, 0) is 10.2 Å². The maximum Gasteiger partial charge on any atom is 0.407 e. The minimum absolute atomic E-state index is 0.329. The summed E-state index contributed by atoms with van der Waals surface area (Å²) in [4.78, 5) is 16.4. The van der Waals surface area contributed by atoms with Gasteiger partial charge >= 0.3 is 6.09 Å². The number of carbonyl (C=O) groups excluding carboxylic acids is 1. The van der Waals surface area contributed by atoms with E-state index in [1.54, 1.807) is 12.3 Å². The largest absolute Gasteiger partial charge is 0.444 e. The number of hydrogen-bond donors (Lipinski definition) is 2. The molecule has 1 atom stereocenters. The highest BCUT2D eigenvalue weighted by molar-refractivity contribution is 6.30. The molecule has 0 radical (unpaired) electrons. The zero-order valence-electron chi connectivity index (χ0n) is 13.9. The molecule has 7 heteroatoms. The number of alkyl carbamates (subject to hydrolysis) is 1. The lowest BCUT2D eigenvalue weighted by Crippen LogP contribution is -2.45. The van der Waals surface area contributed by atoms with Crippen molar-refractivity contribution in [2.24, 2.45) is 5.73 Å². The van der Waals surface area contributed by atoms with Crippen LogP contribution in [0.25, 0.3) is 5.65 Å². The fourth-order valence-electron chi connectivity index (χ4n) is 2.10. The number of aromatic nitrogens is 2. The van der Waals surface area contributed by atoms with Crippen LogP contribution in [0.2, 0.25) is 5.02 Å². The Kier molecular flexibility index (Phi) is 4.87. The topological polar surface area (TPSA) is 81.6 Å². The minimum Gasteiger partial charge on any atom is -0.444 e. The molecule has 0 spiro atoms. The third-order valence-corrected chi connectivity index (χ3v) is 3.73. The van der Waals surface area contributed by atoms with E-state index in [9.17, 15) is 4.79 Å². The van der Waals surface area contributed by atoms with E-state index >= 15 is 0 Å². The van der Waals surface area contributed by atoms with E-state index in [2.05, 4.69) is 10.3 Å². The second-order valence-corrected chi connectivity index (χ2v) is 7.30. The number of fused-ring (bicyclic) bond motifs is 1. The number of nitrogens with zero attached hydrogens (tertiary/aromatic N) is 2. The molecule has 2 aromatic rings. The van der Waals surface area contributed by atoms with Gasteiger partial charge in [-0.1, -0.05) is 18.5 Å². The highest BCUT2D eigenvalue weighted by Crippen LogP contribution is 2.23. The van der Waals surface area contributed by atoms with Gasteiger partial charge < -0.3 is 20.2 Å². The SMILES string of the molecule is CC(C)(C)OC(=O)NCC(C)(CN)c1cn2cc(Cl)ccc2n1. The fourth-order valence-corrected chi connectivity index (χ4v) is 2.27. The highest BCUT2D eigenvalue weighted by atomic mass is 35.5. The normalized spacial score (nSPS) is 14.5. The summed E-state index contributed by atoms with van der Waals surface area (Å²) in [7, 11) is 0. The molecule has 2 heterocycles. The van der Waals surface area contributed by atoms with E-state index < -0.39 is 17.1 Å². The van der Waals surface area contributed by atoms with Crippen molar-refractivity contribution in [3.63, 3.8) is 0 Å². The van der Waals surface area contributed by atoms with Gasteiger partial charge in [-0.3, -0.25) is 0 Å². The zero-order valence-corrected chi connectivity index (χ0v) is 14.6. The maximum absolute atomic E-state index is 11.9. The number of nitrogens with two attached hydrogens (primary N) is 1. The van der Waals surface area contributed by atoms with Crippen molar-refractivity contribution in [2.75, 3.05) is 13.1 Å². The van der Waals surface area contributed by atoms with Gasteiger partial charge in [0.05, 0.1) is 10.7 Å². The summed E-state index contributed by atoms with van der Waals surface area (Å²) in [5, 5.41) is 3.40. The van der Waals surface area contributed by atoms with Gasteiger partial charge in [0.15, 0.2) is 0 Å². The van der Waals surface area contributed by atoms with Crippen LogP contribution >= 0.6 is 11.6 Å². The first-order valence-corrected chi connectivity index (χ1v) is 7.82. The van der Waals surface area contributed by atoms with Gasteiger partial charge in [-0.05, 0) is 32.9 Å². The molecular weight excluding hydrogens is 316 g/mol. The van der Waals surface area contributed by atoms with Crippen molar-refractivity contribution >= 4 is 23.3 Å². The minimum atomic E-state index is -0.539. The van der Waals surface area contributed by atoms with E-state index in [1.807, 2.05) is 44.4 Å². The summed E-state index contributed by atoms with van der Waals surface area (Å²) < 4.78 is 7.10. The zero-order chi connectivity index (χ0) is 17.3. The summed E-state index contributed by atoms with van der Waals surface area (Å²) in [6.45, 7) is 8.08. The van der Waals surface area contributed by atoms with Crippen LogP contribution in [0.4, 0.5) is 4.79 Å². The third kappa shape index (κ3) is 4.36. The Morgan fingerprint density at radius 2 is 2.04 bits per heavy atom. The molecule has 126 valence electrons. The first-order valence-electron chi connectivity index (χ1n) is 7.45. The van der Waals surface area contributed by atoms with Crippen molar-refractivity contribution in [1.29, 1.82) is 0 Å². The Hall–Kier alpha value is -1.79. The van der Waals surface area contributed by atoms with E-state index in [4.69, 9.17) is 22.1 Å². The Balaban J connectivity index is 2.16. The van der Waals surface area contributed by atoms with E-state index in [0.29, 0.717) is 18.1 Å². The van der Waals surface area contributed by atoms with Gasteiger partial charge in [-0.2, -0.15) is 0 Å². The predicted molar refractivity (Wildman–Crippen MR) is 90.8 cm³/mol. The Morgan fingerprint density at radius 1 is 1.35 bits per heavy atom. The van der Waals surface area contributed by atoms with Crippen molar-refractivity contribution in [3.05, 3.63) is 35.2 Å². The van der Waals surface area contributed by atoms with Crippen LogP contribution in [0.5, 0.6) is 0 Å². The second-order valence-electron chi connectivity index (χ2n) is 6.86. The molecule has 2 rings (SSSR count). The van der Waals surface area contributed by atoms with E-state index in [0.717, 1.165) is 11.3 Å². The Labute approximate surface area is 141 Å². The van der Waals surface area contributed by atoms with Crippen LogP contribution in [0, 0.1) is 0 Å². The number of halogens is 1. The molecule has 0 saturated heterocycles. The van der Waals surface area contributed by atoms with Crippen LogP contribution in [0.1, 0.15) is 33.4 Å². The summed E-state index contributed by atoms with van der Waals surface area (Å²) in [6.07, 6.45) is 3.19. The van der Waals surface area contributed by atoms with Gasteiger partial charge in [0.25, 0.3) is 0 Å². The molecule has 0 fully saturated rings. The average Bonchev–Trinajstić information content (AvgIpc) is 2.86. The van der Waals surface area contributed by atoms with Crippen molar-refractivity contribution in [2.45, 2.75) is 38.7 Å². The number of nitrogens with one attached hydrogen (secondary N) is 1. The number of rotatable bonds is 4. The van der Waals surface area contributed by atoms with Crippen LogP contribution in [-0.4, -0.2) is 34.2 Å². The molecule has 23 heavy (non-hydrogen) atoms. The molecule has 1 unspecified atom stereocenters. The van der Waals surface area contributed by atoms with Crippen molar-refractivity contribution in [1.82, 2.24) is 14.7 Å². The molecule has 1 amide bonds. The third-order valence-electron chi connectivity index (χ3n) is 3.51. The van der Waals surface area contributed by atoms with Crippen LogP contribution < -0.4 is 11.1 Å². The molecule has 6 nitrogen and oxygen atoms in total. The summed E-state index contributed by atoms with van der Waals surface area (Å²) in [5.41, 5.74) is 6.46. The smallest absolute Gasteiger partial charge is 0.407 e. The lowest BCUT2D eigenvalue weighted by Gasteiger charge is -2.27. The monoisotopic (exact) mass is 338 g/mol. The van der Waals surface area contributed by atoms with Crippen molar-refractivity contribution in [3.8, 4) is 0 Å². The molecule has 0 aromatic carbocycles. The number of pyridine rings is 1. The number of amides is 1. The summed E-state index contributed by atoms with van der Waals surface area (Å²) >= 11 is 5.99. The molecule has 3 N–H and O–H groups in total. The number of hydrogen-bond acceptors (Lipinski definition) is 4. The maximum atomic E-state index is 11.9. The van der Waals surface area contributed by atoms with Crippen LogP contribution in [0.15, 0.2) is 24.5 Å². The Bertz CT molecular complexity index is 708. The lowest BCUT2D eigenvalue weighted by molar-refractivity contribution is 0.0516. The second kappa shape index (κ2) is 6.37. The quantitative estimate of drug-likeness (QED) is 0.898. The van der Waals surface area contributed by atoms with Gasteiger partial charge in [0.2, 0.25) is 0 Å². The van der Waals surface area contributed by atoms with Gasteiger partial charge in [0.1, 0.15) is 11.2 Å². The fraction of sp³-hybridized carbons (Fsp3) is 0.500. The number of ether oxygens (including phenoxy) is 1. The molecule has 2 aromatic heterocycles. The standard InChI is InChI=1S/C16H23ClN4O2/c1-15(2,3)23-14(22)19-10-16(4,9-18)12-8-21-7-11(17)5-6-13(21)20-12/h5-8H,9-10,18H2,1-4H3,(H,19,22). The molecule has 0 aliphatic rings. The van der Waals surface area contributed by atoms with Gasteiger partial charge in [-0.25, -0.2) is 9.78 Å². The lowest BCUT2D eigenvalue weighted by atomic mass is 9.87. The number of imidazole rings is 1. The summed E-state index contributed by atoms with van der Waals surface area (Å²) in [5.74, 6) is 0. The van der Waals surface area contributed by atoms with E-state index in [1.165, 1.54) is 0 Å². The molecule has 0 aliphatic carbocycles. The highest BCUT2D eigenvalue weighted by Gasteiger charge is 2.29. The van der Waals surface area contributed by atoms with Gasteiger partial charge in [-0.15, -0.1) is 0 Å². The average molecular weight is 339 g/mol. The molecule has 0 saturated carbocycles. The Morgan fingerprint density at radius 3 is 2.65 bits per heavy atom. The van der Waals surface area contributed by atoms with E-state index in [-0.39, 0.29) is 0 Å². The first-order chi connectivity index (χ1) is 10.6. The molecular formula is C16H23ClN4O2.